The molecule has 4 nitrogen and oxygen atoms in total. The molecule has 1 N–H and O–H groups in total. The number of piperidine rings is 1. The van der Waals surface area contributed by atoms with Crippen molar-refractivity contribution in [3.05, 3.63) is 107 Å². The summed E-state index contributed by atoms with van der Waals surface area (Å²) in [5.41, 5.74) is 2.20. The summed E-state index contributed by atoms with van der Waals surface area (Å²) in [6.45, 7) is 0.812. The Labute approximate surface area is 188 Å². The van der Waals surface area contributed by atoms with E-state index >= 15 is 0 Å². The van der Waals surface area contributed by atoms with Crippen molar-refractivity contribution in [2.75, 3.05) is 13.1 Å². The Hall–Kier alpha value is -3.47. The SMILES string of the molecule is O=C(NCCc1ccccc1)C1CCC(c2ccccc2)N(C(=O)c2ccccc2F)C1. The molecule has 164 valence electrons. The predicted octanol–water partition coefficient (Wildman–Crippen LogP) is 4.78. The molecular formula is C27H27FN2O2. The van der Waals surface area contributed by atoms with Crippen LogP contribution in [0.15, 0.2) is 84.9 Å². The fourth-order valence-corrected chi connectivity index (χ4v) is 4.34. The van der Waals surface area contributed by atoms with E-state index in [9.17, 15) is 14.0 Å². The summed E-state index contributed by atoms with van der Waals surface area (Å²) < 4.78 is 14.4. The van der Waals surface area contributed by atoms with Gasteiger partial charge in [0, 0.05) is 13.1 Å². The molecule has 0 saturated carbocycles. The molecule has 1 fully saturated rings. The number of carbonyl (C=O) groups is 2. The van der Waals surface area contributed by atoms with Gasteiger partial charge in [0.05, 0.1) is 17.5 Å². The first-order chi connectivity index (χ1) is 15.6. The largest absolute Gasteiger partial charge is 0.355 e. The Morgan fingerprint density at radius 1 is 0.875 bits per heavy atom. The average molecular weight is 431 g/mol. The number of nitrogens with one attached hydrogen (secondary N) is 1. The van der Waals surface area contributed by atoms with Crippen LogP contribution in [0.5, 0.6) is 0 Å². The minimum Gasteiger partial charge on any atom is -0.355 e. The molecule has 1 heterocycles. The number of hydrogen-bond acceptors (Lipinski definition) is 2. The highest BCUT2D eigenvalue weighted by Gasteiger charge is 2.36. The van der Waals surface area contributed by atoms with Crippen LogP contribution in [0.2, 0.25) is 0 Å². The lowest BCUT2D eigenvalue weighted by Gasteiger charge is -2.39. The van der Waals surface area contributed by atoms with Gasteiger partial charge >= 0.3 is 0 Å². The fraction of sp³-hybridized carbons (Fsp3) is 0.259. The number of nitrogens with zero attached hydrogens (tertiary/aromatic N) is 1. The van der Waals surface area contributed by atoms with E-state index in [0.29, 0.717) is 19.4 Å². The van der Waals surface area contributed by atoms with Gasteiger partial charge in [0.15, 0.2) is 0 Å². The van der Waals surface area contributed by atoms with Crippen molar-refractivity contribution in [3.8, 4) is 0 Å². The van der Waals surface area contributed by atoms with Crippen LogP contribution in [-0.2, 0) is 11.2 Å². The van der Waals surface area contributed by atoms with Gasteiger partial charge in [-0.15, -0.1) is 0 Å². The van der Waals surface area contributed by atoms with Gasteiger partial charge in [0.25, 0.3) is 5.91 Å². The fourth-order valence-electron chi connectivity index (χ4n) is 4.34. The van der Waals surface area contributed by atoms with Gasteiger partial charge in [-0.05, 0) is 42.5 Å². The van der Waals surface area contributed by atoms with E-state index in [4.69, 9.17) is 0 Å². The van der Waals surface area contributed by atoms with Crippen LogP contribution in [0, 0.1) is 11.7 Å². The minimum absolute atomic E-state index is 0.0403. The zero-order chi connectivity index (χ0) is 22.3. The van der Waals surface area contributed by atoms with Crippen molar-refractivity contribution in [1.82, 2.24) is 10.2 Å². The van der Waals surface area contributed by atoms with Gasteiger partial charge in [0.2, 0.25) is 5.91 Å². The van der Waals surface area contributed by atoms with E-state index in [1.807, 2.05) is 60.7 Å². The summed E-state index contributed by atoms with van der Waals surface area (Å²) in [4.78, 5) is 27.9. The molecule has 3 aromatic rings. The summed E-state index contributed by atoms with van der Waals surface area (Å²) >= 11 is 0. The van der Waals surface area contributed by atoms with Crippen LogP contribution in [0.1, 0.15) is 40.4 Å². The third-order valence-electron chi connectivity index (χ3n) is 6.06. The molecule has 2 atom stereocenters. The summed E-state index contributed by atoms with van der Waals surface area (Å²) in [5, 5.41) is 3.02. The van der Waals surface area contributed by atoms with E-state index in [1.165, 1.54) is 12.1 Å². The van der Waals surface area contributed by atoms with Crippen molar-refractivity contribution in [3.63, 3.8) is 0 Å². The van der Waals surface area contributed by atoms with E-state index in [0.717, 1.165) is 17.5 Å². The number of likely N-dealkylation sites (tertiary alicyclic amines) is 1. The van der Waals surface area contributed by atoms with E-state index in [2.05, 4.69) is 5.32 Å². The number of rotatable bonds is 6. The zero-order valence-corrected chi connectivity index (χ0v) is 17.9. The van der Waals surface area contributed by atoms with Gasteiger partial charge in [-0.1, -0.05) is 72.8 Å². The average Bonchev–Trinajstić information content (AvgIpc) is 2.85. The second-order valence-electron chi connectivity index (χ2n) is 8.16. The van der Waals surface area contributed by atoms with E-state index in [-0.39, 0.29) is 35.9 Å². The zero-order valence-electron chi connectivity index (χ0n) is 17.9. The molecule has 0 bridgehead atoms. The molecule has 0 spiro atoms. The Balaban J connectivity index is 1.48. The maximum Gasteiger partial charge on any atom is 0.257 e. The predicted molar refractivity (Wildman–Crippen MR) is 122 cm³/mol. The van der Waals surface area contributed by atoms with Crippen LogP contribution in [0.4, 0.5) is 4.39 Å². The standard InChI is InChI=1S/C27H27FN2O2/c28-24-14-8-7-13-23(24)27(32)30-19-22(15-16-25(30)21-11-5-2-6-12-21)26(31)29-18-17-20-9-3-1-4-10-20/h1-14,22,25H,15-19H2,(H,29,31). The van der Waals surface area contributed by atoms with Gasteiger partial charge in [-0.25, -0.2) is 4.39 Å². The van der Waals surface area contributed by atoms with Crippen LogP contribution in [0.3, 0.4) is 0 Å². The second kappa shape index (κ2) is 10.2. The number of carbonyl (C=O) groups excluding carboxylic acids is 2. The Kier molecular flexibility index (Phi) is 6.95. The lowest BCUT2D eigenvalue weighted by atomic mass is 9.87. The molecule has 2 amide bonds. The highest BCUT2D eigenvalue weighted by molar-refractivity contribution is 5.95. The van der Waals surface area contributed by atoms with Gasteiger partial charge < -0.3 is 10.2 Å². The molecular weight excluding hydrogens is 403 g/mol. The highest BCUT2D eigenvalue weighted by atomic mass is 19.1. The third kappa shape index (κ3) is 5.05. The second-order valence-corrected chi connectivity index (χ2v) is 8.16. The highest BCUT2D eigenvalue weighted by Crippen LogP contribution is 2.35. The quantitative estimate of drug-likeness (QED) is 0.612. The van der Waals surface area contributed by atoms with Crippen molar-refractivity contribution < 1.29 is 14.0 Å². The first-order valence-electron chi connectivity index (χ1n) is 11.1. The molecule has 0 radical (unpaired) electrons. The molecule has 0 aliphatic carbocycles. The molecule has 0 aromatic heterocycles. The third-order valence-corrected chi connectivity index (χ3v) is 6.06. The molecule has 1 saturated heterocycles. The smallest absolute Gasteiger partial charge is 0.257 e. The first-order valence-corrected chi connectivity index (χ1v) is 11.1. The summed E-state index contributed by atoms with van der Waals surface area (Å²) in [6, 6.07) is 25.6. The summed E-state index contributed by atoms with van der Waals surface area (Å²) in [7, 11) is 0. The number of hydrogen-bond donors (Lipinski definition) is 1. The van der Waals surface area contributed by atoms with Crippen LogP contribution >= 0.6 is 0 Å². The maximum absolute atomic E-state index is 14.4. The normalized spacial score (nSPS) is 18.2. The Bertz CT molecular complexity index is 1060. The van der Waals surface area contributed by atoms with Crippen molar-refractivity contribution >= 4 is 11.8 Å². The topological polar surface area (TPSA) is 49.4 Å². The first kappa shape index (κ1) is 21.8. The lowest BCUT2D eigenvalue weighted by Crippen LogP contribution is -2.47. The lowest BCUT2D eigenvalue weighted by molar-refractivity contribution is -0.126. The minimum atomic E-state index is -0.543. The van der Waals surface area contributed by atoms with Gasteiger partial charge in [-0.3, -0.25) is 9.59 Å². The van der Waals surface area contributed by atoms with Crippen LogP contribution < -0.4 is 5.32 Å². The molecule has 1 aliphatic rings. The molecule has 32 heavy (non-hydrogen) atoms. The van der Waals surface area contributed by atoms with Crippen LogP contribution in [0.25, 0.3) is 0 Å². The molecule has 4 rings (SSSR count). The monoisotopic (exact) mass is 430 g/mol. The molecule has 1 aliphatic heterocycles. The molecule has 3 aromatic carbocycles. The number of amides is 2. The molecule has 5 heteroatoms. The number of halogens is 1. The van der Waals surface area contributed by atoms with Gasteiger partial charge in [-0.2, -0.15) is 0 Å². The summed E-state index contributed by atoms with van der Waals surface area (Å²) in [6.07, 6.45) is 2.09. The van der Waals surface area contributed by atoms with Gasteiger partial charge in [0.1, 0.15) is 5.82 Å². The van der Waals surface area contributed by atoms with Crippen molar-refractivity contribution in [2.45, 2.75) is 25.3 Å². The summed E-state index contributed by atoms with van der Waals surface area (Å²) in [5.74, 6) is -1.29. The van der Waals surface area contributed by atoms with Crippen molar-refractivity contribution in [1.29, 1.82) is 0 Å². The van der Waals surface area contributed by atoms with Crippen LogP contribution in [-0.4, -0.2) is 29.8 Å². The molecule has 2 unspecified atom stereocenters. The van der Waals surface area contributed by atoms with E-state index in [1.54, 1.807) is 17.0 Å². The maximum atomic E-state index is 14.4. The Morgan fingerprint density at radius 3 is 2.25 bits per heavy atom. The van der Waals surface area contributed by atoms with E-state index < -0.39 is 5.82 Å². The Morgan fingerprint density at radius 2 is 1.53 bits per heavy atom. The number of benzene rings is 3. The van der Waals surface area contributed by atoms with Crippen molar-refractivity contribution in [2.24, 2.45) is 5.92 Å².